The SMILES string of the molecule is COc1cc(OC)c(OC)cc1CNC(=O)CNC1CCCCC1C(C)(C)C. The summed E-state index contributed by atoms with van der Waals surface area (Å²) >= 11 is 0. The van der Waals surface area contributed by atoms with E-state index in [1.165, 1.54) is 19.3 Å². The van der Waals surface area contributed by atoms with Gasteiger partial charge >= 0.3 is 0 Å². The molecule has 2 unspecified atom stereocenters. The predicted octanol–water partition coefficient (Wildman–Crippen LogP) is 3.52. The van der Waals surface area contributed by atoms with Gasteiger partial charge in [-0.25, -0.2) is 0 Å². The van der Waals surface area contributed by atoms with Gasteiger partial charge in [0.25, 0.3) is 0 Å². The van der Waals surface area contributed by atoms with Crippen LogP contribution in [0.4, 0.5) is 0 Å². The Morgan fingerprint density at radius 3 is 2.21 bits per heavy atom. The van der Waals surface area contributed by atoms with Gasteiger partial charge in [-0.3, -0.25) is 4.79 Å². The minimum Gasteiger partial charge on any atom is -0.496 e. The van der Waals surface area contributed by atoms with Gasteiger partial charge in [-0.15, -0.1) is 0 Å². The van der Waals surface area contributed by atoms with Crippen molar-refractivity contribution in [3.63, 3.8) is 0 Å². The number of carbonyl (C=O) groups excluding carboxylic acids is 1. The molecule has 1 aliphatic carbocycles. The van der Waals surface area contributed by atoms with Gasteiger partial charge in [0.2, 0.25) is 5.91 Å². The highest BCUT2D eigenvalue weighted by molar-refractivity contribution is 5.78. The molecule has 158 valence electrons. The van der Waals surface area contributed by atoms with Gasteiger partial charge in [-0.2, -0.15) is 0 Å². The summed E-state index contributed by atoms with van der Waals surface area (Å²) in [4.78, 5) is 12.4. The van der Waals surface area contributed by atoms with Gasteiger partial charge in [0.15, 0.2) is 11.5 Å². The van der Waals surface area contributed by atoms with Crippen LogP contribution in [0.3, 0.4) is 0 Å². The fourth-order valence-electron chi connectivity index (χ4n) is 4.12. The Labute approximate surface area is 169 Å². The van der Waals surface area contributed by atoms with Crippen LogP contribution in [0, 0.1) is 11.3 Å². The lowest BCUT2D eigenvalue weighted by atomic mass is 9.69. The molecule has 1 aromatic carbocycles. The molecule has 1 amide bonds. The number of amides is 1. The second-order valence-corrected chi connectivity index (χ2v) is 8.54. The topological polar surface area (TPSA) is 68.8 Å². The summed E-state index contributed by atoms with van der Waals surface area (Å²) in [7, 11) is 4.77. The summed E-state index contributed by atoms with van der Waals surface area (Å²) in [6.45, 7) is 7.58. The maximum absolute atomic E-state index is 12.4. The Balaban J connectivity index is 1.93. The minimum absolute atomic E-state index is 0.0185. The molecule has 1 aliphatic rings. The lowest BCUT2D eigenvalue weighted by Crippen LogP contribution is -2.47. The highest BCUT2D eigenvalue weighted by atomic mass is 16.5. The molecule has 0 spiro atoms. The summed E-state index contributed by atoms with van der Waals surface area (Å²) in [6, 6.07) is 4.01. The molecule has 1 aromatic rings. The van der Waals surface area contributed by atoms with E-state index in [0.717, 1.165) is 12.0 Å². The van der Waals surface area contributed by atoms with E-state index in [1.54, 1.807) is 27.4 Å². The molecule has 0 aliphatic heterocycles. The van der Waals surface area contributed by atoms with Crippen LogP contribution in [-0.4, -0.2) is 39.8 Å². The molecular weight excluding hydrogens is 356 g/mol. The van der Waals surface area contributed by atoms with E-state index < -0.39 is 0 Å². The lowest BCUT2D eigenvalue weighted by molar-refractivity contribution is -0.120. The lowest BCUT2D eigenvalue weighted by Gasteiger charge is -2.40. The van der Waals surface area contributed by atoms with Gasteiger partial charge in [-0.05, 0) is 30.2 Å². The summed E-state index contributed by atoms with van der Waals surface area (Å²) in [6.07, 6.45) is 4.88. The fourth-order valence-corrected chi connectivity index (χ4v) is 4.12. The Hall–Kier alpha value is -1.95. The number of ether oxygens (including phenoxy) is 3. The number of methoxy groups -OCH3 is 3. The fraction of sp³-hybridized carbons (Fsp3) is 0.682. The third-order valence-corrected chi connectivity index (χ3v) is 5.67. The summed E-state index contributed by atoms with van der Waals surface area (Å²) in [5, 5.41) is 6.47. The molecule has 6 nitrogen and oxygen atoms in total. The van der Waals surface area contributed by atoms with Crippen molar-refractivity contribution in [2.45, 2.75) is 59.0 Å². The van der Waals surface area contributed by atoms with Gasteiger partial charge in [0.1, 0.15) is 5.75 Å². The zero-order valence-corrected chi connectivity index (χ0v) is 18.2. The zero-order valence-electron chi connectivity index (χ0n) is 18.2. The van der Waals surface area contributed by atoms with Crippen molar-refractivity contribution < 1.29 is 19.0 Å². The molecule has 6 heteroatoms. The van der Waals surface area contributed by atoms with Crippen molar-refractivity contribution in [1.29, 1.82) is 0 Å². The van der Waals surface area contributed by atoms with Crippen molar-refractivity contribution in [3.05, 3.63) is 17.7 Å². The van der Waals surface area contributed by atoms with Gasteiger partial charge in [-0.1, -0.05) is 33.6 Å². The maximum atomic E-state index is 12.4. The number of rotatable bonds is 8. The number of hydrogen-bond acceptors (Lipinski definition) is 5. The quantitative estimate of drug-likeness (QED) is 0.708. The monoisotopic (exact) mass is 392 g/mol. The van der Waals surface area contributed by atoms with Gasteiger partial charge in [0, 0.05) is 24.2 Å². The average molecular weight is 393 g/mol. The van der Waals surface area contributed by atoms with Crippen LogP contribution in [0.25, 0.3) is 0 Å². The van der Waals surface area contributed by atoms with E-state index >= 15 is 0 Å². The summed E-state index contributed by atoms with van der Waals surface area (Å²) < 4.78 is 16.1. The third kappa shape index (κ3) is 5.77. The largest absolute Gasteiger partial charge is 0.496 e. The van der Waals surface area contributed by atoms with Crippen LogP contribution in [0.15, 0.2) is 12.1 Å². The Morgan fingerprint density at radius 1 is 1.00 bits per heavy atom. The summed E-state index contributed by atoms with van der Waals surface area (Å²) in [5.41, 5.74) is 1.10. The Kier molecular flexibility index (Phi) is 7.98. The third-order valence-electron chi connectivity index (χ3n) is 5.67. The van der Waals surface area contributed by atoms with Crippen LogP contribution in [0.5, 0.6) is 17.2 Å². The van der Waals surface area contributed by atoms with E-state index in [2.05, 4.69) is 31.4 Å². The molecule has 28 heavy (non-hydrogen) atoms. The maximum Gasteiger partial charge on any atom is 0.234 e. The van der Waals surface area contributed by atoms with Crippen LogP contribution < -0.4 is 24.8 Å². The standard InChI is InChI=1S/C22H36N2O4/c1-22(2,3)16-9-7-8-10-17(16)23-14-21(25)24-13-15-11-19(27-5)20(28-6)12-18(15)26-4/h11-12,16-17,23H,7-10,13-14H2,1-6H3,(H,24,25). The molecule has 0 aromatic heterocycles. The van der Waals surface area contributed by atoms with Crippen LogP contribution in [0.1, 0.15) is 52.0 Å². The molecule has 0 saturated heterocycles. The molecule has 0 radical (unpaired) electrons. The first-order valence-electron chi connectivity index (χ1n) is 10.1. The number of benzene rings is 1. The van der Waals surface area contributed by atoms with Gasteiger partial charge < -0.3 is 24.8 Å². The molecule has 2 rings (SSSR count). The van der Waals surface area contributed by atoms with Crippen molar-refractivity contribution in [3.8, 4) is 17.2 Å². The number of carbonyl (C=O) groups is 1. The second-order valence-electron chi connectivity index (χ2n) is 8.54. The van der Waals surface area contributed by atoms with Crippen molar-refractivity contribution >= 4 is 5.91 Å². The van der Waals surface area contributed by atoms with Crippen molar-refractivity contribution in [2.75, 3.05) is 27.9 Å². The van der Waals surface area contributed by atoms with Gasteiger partial charge in [0.05, 0.1) is 27.9 Å². The molecular formula is C22H36N2O4. The van der Waals surface area contributed by atoms with E-state index in [9.17, 15) is 4.79 Å². The first-order valence-corrected chi connectivity index (χ1v) is 10.1. The van der Waals surface area contributed by atoms with Crippen LogP contribution in [-0.2, 0) is 11.3 Å². The Bertz CT molecular complexity index is 655. The minimum atomic E-state index is -0.0185. The second kappa shape index (κ2) is 10.0. The molecule has 1 fully saturated rings. The first-order chi connectivity index (χ1) is 13.3. The predicted molar refractivity (Wildman–Crippen MR) is 111 cm³/mol. The van der Waals surface area contributed by atoms with Crippen LogP contribution >= 0.6 is 0 Å². The van der Waals surface area contributed by atoms with E-state index in [1.807, 2.05) is 6.07 Å². The number of nitrogens with one attached hydrogen (secondary N) is 2. The van der Waals surface area contributed by atoms with E-state index in [4.69, 9.17) is 14.2 Å². The molecule has 1 saturated carbocycles. The summed E-state index contributed by atoms with van der Waals surface area (Å²) in [5.74, 6) is 2.45. The molecule has 0 bridgehead atoms. The molecule has 2 N–H and O–H groups in total. The smallest absolute Gasteiger partial charge is 0.234 e. The van der Waals surface area contributed by atoms with Crippen molar-refractivity contribution in [1.82, 2.24) is 10.6 Å². The zero-order chi connectivity index (χ0) is 20.7. The van der Waals surface area contributed by atoms with E-state index in [0.29, 0.717) is 42.3 Å². The first kappa shape index (κ1) is 22.3. The average Bonchev–Trinajstić information content (AvgIpc) is 2.69. The Morgan fingerprint density at radius 2 is 1.61 bits per heavy atom. The molecule has 2 atom stereocenters. The van der Waals surface area contributed by atoms with Crippen LogP contribution in [0.2, 0.25) is 0 Å². The normalized spacial score (nSPS) is 19.8. The highest BCUT2D eigenvalue weighted by Crippen LogP contribution is 2.38. The van der Waals surface area contributed by atoms with E-state index in [-0.39, 0.29) is 11.3 Å². The highest BCUT2D eigenvalue weighted by Gasteiger charge is 2.33. The van der Waals surface area contributed by atoms with Crippen molar-refractivity contribution in [2.24, 2.45) is 11.3 Å². The molecule has 0 heterocycles. The number of hydrogen-bond donors (Lipinski definition) is 2.